The van der Waals surface area contributed by atoms with Gasteiger partial charge in [0.1, 0.15) is 11.5 Å². The molecule has 0 bridgehead atoms. The quantitative estimate of drug-likeness (QED) is 0.338. The zero-order valence-corrected chi connectivity index (χ0v) is 21.0. The van der Waals surface area contributed by atoms with Gasteiger partial charge < -0.3 is 24.8 Å². The van der Waals surface area contributed by atoms with E-state index in [9.17, 15) is 36.2 Å². The molecule has 0 radical (unpaired) electrons. The van der Waals surface area contributed by atoms with E-state index in [2.05, 4.69) is 14.8 Å². The van der Waals surface area contributed by atoms with E-state index in [1.165, 1.54) is 29.2 Å². The lowest BCUT2D eigenvalue weighted by atomic mass is 9.70. The topological polar surface area (TPSA) is 71.0 Å². The highest BCUT2D eigenvalue weighted by Crippen LogP contribution is 2.40. The number of aliphatic hydroxyl groups is 1. The van der Waals surface area contributed by atoms with Crippen LogP contribution >= 0.6 is 0 Å². The summed E-state index contributed by atoms with van der Waals surface area (Å²) in [6.45, 7) is 0.183. The molecule has 1 atom stereocenters. The fourth-order valence-corrected chi connectivity index (χ4v) is 4.83. The van der Waals surface area contributed by atoms with E-state index in [0.29, 0.717) is 18.5 Å². The second-order valence-corrected chi connectivity index (χ2v) is 9.44. The van der Waals surface area contributed by atoms with Crippen LogP contribution in [-0.4, -0.2) is 54.5 Å². The van der Waals surface area contributed by atoms with Crippen LogP contribution in [0.3, 0.4) is 0 Å². The summed E-state index contributed by atoms with van der Waals surface area (Å²) in [5, 5.41) is 12.6. The molecule has 1 heterocycles. The smallest absolute Gasteiger partial charge is 0.406 e. The van der Waals surface area contributed by atoms with Gasteiger partial charge in [0.15, 0.2) is 0 Å². The monoisotopic (exact) mass is 568 g/mol. The number of halogens is 6. The van der Waals surface area contributed by atoms with Gasteiger partial charge in [0.25, 0.3) is 0 Å². The van der Waals surface area contributed by atoms with Crippen molar-refractivity contribution in [1.29, 1.82) is 0 Å². The number of urea groups is 1. The van der Waals surface area contributed by atoms with Gasteiger partial charge in [0.05, 0.1) is 6.10 Å². The van der Waals surface area contributed by atoms with E-state index in [0.717, 1.165) is 24.3 Å². The lowest BCUT2D eigenvalue weighted by Crippen LogP contribution is -2.47. The number of carbonyl (C=O) groups excluding carboxylic acids is 1. The zero-order valence-electron chi connectivity index (χ0n) is 21.0. The molecule has 0 aliphatic carbocycles. The Morgan fingerprint density at radius 1 is 0.850 bits per heavy atom. The zero-order chi connectivity index (χ0) is 29.0. The number of nitrogens with zero attached hydrogens (tertiary/aromatic N) is 1. The molecule has 0 unspecified atom stereocenters. The number of likely N-dealkylation sites (tertiary alicyclic amines) is 1. The number of ether oxygens (including phenoxy) is 2. The van der Waals surface area contributed by atoms with Gasteiger partial charge in [-0.2, -0.15) is 0 Å². The van der Waals surface area contributed by atoms with Crippen LogP contribution in [0.5, 0.6) is 11.5 Å². The van der Waals surface area contributed by atoms with Crippen LogP contribution in [0.25, 0.3) is 0 Å². The van der Waals surface area contributed by atoms with Crippen LogP contribution in [0.1, 0.15) is 23.1 Å². The highest BCUT2D eigenvalue weighted by molar-refractivity contribution is 5.75. The largest absolute Gasteiger partial charge is 0.573 e. The Morgan fingerprint density at radius 3 is 1.88 bits per heavy atom. The lowest BCUT2D eigenvalue weighted by molar-refractivity contribution is -0.275. The van der Waals surface area contributed by atoms with Crippen molar-refractivity contribution in [3.8, 4) is 11.5 Å². The second kappa shape index (κ2) is 11.7. The SMILES string of the molecule is O=C(NCC(Cc1ccccc1)(c1cccc(OC(F)(F)F)c1)c1cccc(OC(F)(F)F)c1)N1CC[C@@H](O)C1. The molecule has 1 aliphatic rings. The van der Waals surface area contributed by atoms with Gasteiger partial charge in [-0.1, -0.05) is 54.6 Å². The van der Waals surface area contributed by atoms with Gasteiger partial charge in [-0.25, -0.2) is 4.79 Å². The summed E-state index contributed by atoms with van der Waals surface area (Å²) in [6, 6.07) is 18.5. The van der Waals surface area contributed by atoms with E-state index in [1.54, 1.807) is 30.3 Å². The maximum absolute atomic E-state index is 13.1. The van der Waals surface area contributed by atoms with Crippen molar-refractivity contribution in [3.63, 3.8) is 0 Å². The number of nitrogens with one attached hydrogen (secondary N) is 1. The number of aliphatic hydroxyl groups excluding tert-OH is 1. The van der Waals surface area contributed by atoms with Crippen LogP contribution in [-0.2, 0) is 11.8 Å². The first-order valence-corrected chi connectivity index (χ1v) is 12.3. The Morgan fingerprint density at radius 2 is 1.40 bits per heavy atom. The van der Waals surface area contributed by atoms with Crippen molar-refractivity contribution in [2.75, 3.05) is 19.6 Å². The predicted octanol–water partition coefficient (Wildman–Crippen LogP) is 5.79. The fourth-order valence-electron chi connectivity index (χ4n) is 4.83. The summed E-state index contributed by atoms with van der Waals surface area (Å²) in [4.78, 5) is 14.4. The van der Waals surface area contributed by atoms with Gasteiger partial charge >= 0.3 is 18.8 Å². The first-order valence-electron chi connectivity index (χ1n) is 12.3. The van der Waals surface area contributed by atoms with Crippen LogP contribution in [0.15, 0.2) is 78.9 Å². The molecule has 3 aromatic carbocycles. The molecule has 0 saturated carbocycles. The summed E-state index contributed by atoms with van der Waals surface area (Å²) in [6.07, 6.45) is -10.2. The number of carbonyl (C=O) groups is 1. The molecular formula is C28H26F6N2O4. The highest BCUT2D eigenvalue weighted by Gasteiger charge is 2.39. The molecule has 1 saturated heterocycles. The van der Waals surface area contributed by atoms with Crippen molar-refractivity contribution in [2.45, 2.75) is 37.1 Å². The second-order valence-electron chi connectivity index (χ2n) is 9.44. The van der Waals surface area contributed by atoms with Gasteiger partial charge in [-0.05, 0) is 53.8 Å². The minimum atomic E-state index is -4.98. The average Bonchev–Trinajstić information content (AvgIpc) is 3.31. The van der Waals surface area contributed by atoms with Crippen molar-refractivity contribution in [2.24, 2.45) is 0 Å². The van der Waals surface area contributed by atoms with E-state index >= 15 is 0 Å². The maximum atomic E-state index is 13.1. The minimum Gasteiger partial charge on any atom is -0.406 e. The Kier molecular flexibility index (Phi) is 8.48. The van der Waals surface area contributed by atoms with Crippen molar-refractivity contribution < 1.29 is 45.7 Å². The number of hydrogen-bond acceptors (Lipinski definition) is 4. The Hall–Kier alpha value is -3.93. The van der Waals surface area contributed by atoms with Crippen molar-refractivity contribution in [3.05, 3.63) is 95.6 Å². The van der Waals surface area contributed by atoms with Gasteiger partial charge in [0, 0.05) is 25.0 Å². The number of hydrogen-bond donors (Lipinski definition) is 2. The molecule has 3 aromatic rings. The normalized spacial score (nSPS) is 16.1. The standard InChI is InChI=1S/C28H26F6N2O4/c29-27(30,31)39-23-10-4-8-20(14-23)26(16-19-6-2-1-3-7-19,18-35-25(38)36-13-12-22(37)17-36)21-9-5-11-24(15-21)40-28(32,33)34/h1-11,14-15,22,37H,12-13,16-18H2,(H,35,38)/t22-/m1/s1. The predicted molar refractivity (Wildman–Crippen MR) is 133 cm³/mol. The summed E-state index contributed by atoms with van der Waals surface area (Å²) < 4.78 is 86.7. The lowest BCUT2D eigenvalue weighted by Gasteiger charge is -2.37. The van der Waals surface area contributed by atoms with Crippen LogP contribution < -0.4 is 14.8 Å². The van der Waals surface area contributed by atoms with Gasteiger partial charge in [0.2, 0.25) is 0 Å². The number of rotatable bonds is 8. The molecule has 2 amide bonds. The summed E-state index contributed by atoms with van der Waals surface area (Å²) >= 11 is 0. The fraction of sp³-hybridized carbons (Fsp3) is 0.321. The van der Waals surface area contributed by atoms with Crippen LogP contribution in [0.2, 0.25) is 0 Å². The third-order valence-electron chi connectivity index (χ3n) is 6.58. The van der Waals surface area contributed by atoms with E-state index < -0.39 is 41.8 Å². The van der Waals surface area contributed by atoms with Gasteiger partial charge in [-0.15, -0.1) is 26.3 Å². The van der Waals surface area contributed by atoms with E-state index in [-0.39, 0.29) is 30.6 Å². The molecule has 6 nitrogen and oxygen atoms in total. The summed E-state index contributed by atoms with van der Waals surface area (Å²) in [7, 11) is 0. The number of amides is 2. The number of alkyl halides is 6. The van der Waals surface area contributed by atoms with Crippen LogP contribution in [0, 0.1) is 0 Å². The first kappa shape index (κ1) is 29.1. The molecule has 0 spiro atoms. The molecule has 214 valence electrons. The van der Waals surface area contributed by atoms with E-state index in [4.69, 9.17) is 0 Å². The van der Waals surface area contributed by atoms with Crippen molar-refractivity contribution in [1.82, 2.24) is 10.2 Å². The maximum Gasteiger partial charge on any atom is 0.573 e. The molecule has 2 N–H and O–H groups in total. The minimum absolute atomic E-state index is 0.0850. The van der Waals surface area contributed by atoms with Gasteiger partial charge in [-0.3, -0.25) is 0 Å². The first-order chi connectivity index (χ1) is 18.8. The molecule has 4 rings (SSSR count). The molecular weight excluding hydrogens is 542 g/mol. The number of benzene rings is 3. The Bertz CT molecular complexity index is 1240. The molecule has 1 fully saturated rings. The molecule has 0 aromatic heterocycles. The van der Waals surface area contributed by atoms with Crippen LogP contribution in [0.4, 0.5) is 31.1 Å². The Labute approximate surface area is 226 Å². The molecule has 1 aliphatic heterocycles. The number of β-amino-alcohol motifs (C(OH)–C–C–N with tert-alkyl or cyclic N) is 1. The molecule has 40 heavy (non-hydrogen) atoms. The summed E-state index contributed by atoms with van der Waals surface area (Å²) in [5.41, 5.74) is -0.156. The Balaban J connectivity index is 1.84. The average molecular weight is 569 g/mol. The third-order valence-corrected chi connectivity index (χ3v) is 6.58. The third kappa shape index (κ3) is 7.59. The van der Waals surface area contributed by atoms with Crippen molar-refractivity contribution >= 4 is 6.03 Å². The summed E-state index contributed by atoms with van der Waals surface area (Å²) in [5.74, 6) is -1.06. The van der Waals surface area contributed by atoms with E-state index in [1.807, 2.05) is 0 Å². The highest BCUT2D eigenvalue weighted by atomic mass is 19.4. The molecule has 12 heteroatoms.